The zero-order chi connectivity index (χ0) is 22.0. The molecule has 1 atom stereocenters. The summed E-state index contributed by atoms with van der Waals surface area (Å²) in [6.45, 7) is 4.15. The molecular formula is C26H26N2O3. The highest BCUT2D eigenvalue weighted by Crippen LogP contribution is 2.30. The molecule has 0 saturated heterocycles. The van der Waals surface area contributed by atoms with Crippen molar-refractivity contribution in [3.05, 3.63) is 94.9 Å². The number of benzene rings is 2. The Labute approximate surface area is 181 Å². The Balaban J connectivity index is 1.70. The minimum Gasteiger partial charge on any atom is -0.478 e. The molecule has 0 fully saturated rings. The maximum Gasteiger partial charge on any atom is 0.336 e. The normalized spacial score (nSPS) is 12.2. The van der Waals surface area contributed by atoms with Crippen molar-refractivity contribution in [2.75, 3.05) is 0 Å². The number of carbonyl (C=O) groups is 1. The molecule has 0 amide bonds. The number of aryl methyl sites for hydroxylation is 2. The maximum atomic E-state index is 11.5. The van der Waals surface area contributed by atoms with Crippen LogP contribution < -0.4 is 0 Å². The predicted octanol–water partition coefficient (Wildman–Crippen LogP) is 5.43. The van der Waals surface area contributed by atoms with Crippen molar-refractivity contribution < 1.29 is 15.0 Å². The fourth-order valence-corrected chi connectivity index (χ4v) is 3.98. The fourth-order valence-electron chi connectivity index (χ4n) is 3.98. The first-order chi connectivity index (χ1) is 15.0. The van der Waals surface area contributed by atoms with E-state index in [9.17, 15) is 15.0 Å². The molecule has 0 unspecified atom stereocenters. The monoisotopic (exact) mass is 414 g/mol. The van der Waals surface area contributed by atoms with Gasteiger partial charge in [-0.15, -0.1) is 0 Å². The SMILES string of the molecule is CCCCc1cn2c([C@H](O)c3ccc(-c4ccccc4C(=O)O)cc3)c(C)ccc2n1. The Bertz CT molecular complexity index is 1230. The number of hydrogen-bond donors (Lipinski definition) is 2. The molecule has 5 heteroatoms. The van der Waals surface area contributed by atoms with Gasteiger partial charge in [0, 0.05) is 6.20 Å². The summed E-state index contributed by atoms with van der Waals surface area (Å²) < 4.78 is 1.98. The Morgan fingerprint density at radius 3 is 2.52 bits per heavy atom. The number of hydrogen-bond acceptors (Lipinski definition) is 3. The molecule has 0 bridgehead atoms. The number of unbranched alkanes of at least 4 members (excludes halogenated alkanes) is 1. The van der Waals surface area contributed by atoms with Crippen LogP contribution in [0.2, 0.25) is 0 Å². The summed E-state index contributed by atoms with van der Waals surface area (Å²) in [4.78, 5) is 16.2. The first-order valence-electron chi connectivity index (χ1n) is 10.6. The van der Waals surface area contributed by atoms with E-state index in [2.05, 4.69) is 6.92 Å². The van der Waals surface area contributed by atoms with Crippen molar-refractivity contribution in [1.82, 2.24) is 9.38 Å². The van der Waals surface area contributed by atoms with E-state index in [1.165, 1.54) is 0 Å². The van der Waals surface area contributed by atoms with Crippen molar-refractivity contribution in [1.29, 1.82) is 0 Å². The van der Waals surface area contributed by atoms with E-state index >= 15 is 0 Å². The van der Waals surface area contributed by atoms with E-state index in [1.54, 1.807) is 18.2 Å². The molecule has 158 valence electrons. The van der Waals surface area contributed by atoms with Gasteiger partial charge in [0.05, 0.1) is 17.0 Å². The van der Waals surface area contributed by atoms with Crippen LogP contribution in [0.3, 0.4) is 0 Å². The van der Waals surface area contributed by atoms with Gasteiger partial charge in [0.1, 0.15) is 11.8 Å². The van der Waals surface area contributed by atoms with Gasteiger partial charge in [0.15, 0.2) is 0 Å². The number of imidazole rings is 1. The molecule has 0 spiro atoms. The van der Waals surface area contributed by atoms with E-state index in [-0.39, 0.29) is 5.56 Å². The largest absolute Gasteiger partial charge is 0.478 e. The summed E-state index contributed by atoms with van der Waals surface area (Å²) >= 11 is 0. The molecule has 0 aliphatic carbocycles. The lowest BCUT2D eigenvalue weighted by atomic mass is 9.96. The van der Waals surface area contributed by atoms with Crippen LogP contribution in [0.1, 0.15) is 58.7 Å². The molecule has 4 aromatic rings. The van der Waals surface area contributed by atoms with Gasteiger partial charge in [-0.25, -0.2) is 9.78 Å². The van der Waals surface area contributed by atoms with Gasteiger partial charge < -0.3 is 14.6 Å². The van der Waals surface area contributed by atoms with Gasteiger partial charge in [0.25, 0.3) is 0 Å². The van der Waals surface area contributed by atoms with Crippen molar-refractivity contribution in [2.45, 2.75) is 39.2 Å². The number of nitrogens with zero attached hydrogens (tertiary/aromatic N) is 2. The number of aromatic nitrogens is 2. The van der Waals surface area contributed by atoms with Crippen LogP contribution >= 0.6 is 0 Å². The van der Waals surface area contributed by atoms with Crippen molar-refractivity contribution in [3.63, 3.8) is 0 Å². The molecule has 2 aromatic heterocycles. The van der Waals surface area contributed by atoms with E-state index in [0.29, 0.717) is 5.56 Å². The van der Waals surface area contributed by atoms with Crippen LogP contribution in [-0.2, 0) is 6.42 Å². The molecule has 2 N–H and O–H groups in total. The van der Waals surface area contributed by atoms with Gasteiger partial charge in [0.2, 0.25) is 0 Å². The molecule has 2 heterocycles. The minimum atomic E-state index is -0.957. The second-order valence-electron chi connectivity index (χ2n) is 7.84. The number of aromatic carboxylic acids is 1. The zero-order valence-electron chi connectivity index (χ0n) is 17.7. The van der Waals surface area contributed by atoms with Crippen molar-refractivity contribution >= 4 is 11.6 Å². The van der Waals surface area contributed by atoms with Crippen LogP contribution in [0.4, 0.5) is 0 Å². The highest BCUT2D eigenvalue weighted by Gasteiger charge is 2.18. The Morgan fingerprint density at radius 1 is 1.06 bits per heavy atom. The molecule has 0 radical (unpaired) electrons. The maximum absolute atomic E-state index is 11.5. The average Bonchev–Trinajstić information content (AvgIpc) is 3.20. The molecule has 5 nitrogen and oxygen atoms in total. The van der Waals surface area contributed by atoms with Gasteiger partial charge in [-0.1, -0.05) is 61.9 Å². The average molecular weight is 415 g/mol. The van der Waals surface area contributed by atoms with Gasteiger partial charge in [-0.2, -0.15) is 0 Å². The van der Waals surface area contributed by atoms with Crippen molar-refractivity contribution in [2.24, 2.45) is 0 Å². The molecule has 4 rings (SSSR count). The summed E-state index contributed by atoms with van der Waals surface area (Å²) in [6.07, 6.45) is 4.32. The standard InChI is InChI=1S/C26H26N2O3/c1-3-4-7-20-16-28-23(27-20)15-10-17(2)24(28)25(29)19-13-11-18(12-14-19)21-8-5-6-9-22(21)26(30)31/h5-6,8-16,25,29H,3-4,7H2,1-2H3,(H,30,31)/t25-/m1/s1. The van der Waals surface area contributed by atoms with Gasteiger partial charge in [-0.3, -0.25) is 0 Å². The lowest BCUT2D eigenvalue weighted by molar-refractivity contribution is 0.0697. The second kappa shape index (κ2) is 8.74. The lowest BCUT2D eigenvalue weighted by Gasteiger charge is -2.17. The Hall–Kier alpha value is -3.44. The number of aliphatic hydroxyl groups excluding tert-OH is 1. The molecular weight excluding hydrogens is 388 g/mol. The Morgan fingerprint density at radius 2 is 1.81 bits per heavy atom. The molecule has 0 aliphatic rings. The lowest BCUT2D eigenvalue weighted by Crippen LogP contribution is -2.08. The number of rotatable bonds is 7. The van der Waals surface area contributed by atoms with Crippen molar-refractivity contribution in [3.8, 4) is 11.1 Å². The number of aliphatic hydroxyl groups is 1. The summed E-state index contributed by atoms with van der Waals surface area (Å²) in [5.41, 5.74) is 6.11. The zero-order valence-corrected chi connectivity index (χ0v) is 17.7. The van der Waals surface area contributed by atoms with Crippen LogP contribution in [0, 0.1) is 6.92 Å². The quantitative estimate of drug-likeness (QED) is 0.423. The van der Waals surface area contributed by atoms with Crippen LogP contribution in [0.5, 0.6) is 0 Å². The first kappa shape index (κ1) is 20.8. The third kappa shape index (κ3) is 4.09. The first-order valence-corrected chi connectivity index (χ1v) is 10.6. The Kier molecular flexibility index (Phi) is 5.87. The summed E-state index contributed by atoms with van der Waals surface area (Å²) in [7, 11) is 0. The van der Waals surface area contributed by atoms with Crippen LogP contribution in [0.15, 0.2) is 66.9 Å². The molecule has 2 aromatic carbocycles. The number of fused-ring (bicyclic) bond motifs is 1. The predicted molar refractivity (Wildman–Crippen MR) is 121 cm³/mol. The smallest absolute Gasteiger partial charge is 0.336 e. The van der Waals surface area contributed by atoms with E-state index in [0.717, 1.165) is 53.0 Å². The third-order valence-electron chi connectivity index (χ3n) is 5.67. The minimum absolute atomic E-state index is 0.259. The molecule has 0 saturated carbocycles. The van der Waals surface area contributed by atoms with Crippen LogP contribution in [0.25, 0.3) is 16.8 Å². The summed E-state index contributed by atoms with van der Waals surface area (Å²) in [5.74, 6) is -0.957. The summed E-state index contributed by atoms with van der Waals surface area (Å²) in [6, 6.07) is 18.3. The number of carboxylic acids is 1. The van der Waals surface area contributed by atoms with E-state index < -0.39 is 12.1 Å². The number of carboxylic acid groups (broad SMARTS) is 1. The topological polar surface area (TPSA) is 74.8 Å². The third-order valence-corrected chi connectivity index (χ3v) is 5.67. The van der Waals surface area contributed by atoms with Crippen LogP contribution in [-0.4, -0.2) is 25.6 Å². The second-order valence-corrected chi connectivity index (χ2v) is 7.84. The number of pyridine rings is 1. The van der Waals surface area contributed by atoms with Gasteiger partial charge >= 0.3 is 5.97 Å². The fraction of sp³-hybridized carbons (Fsp3) is 0.231. The van der Waals surface area contributed by atoms with E-state index in [4.69, 9.17) is 4.98 Å². The summed E-state index contributed by atoms with van der Waals surface area (Å²) in [5, 5.41) is 20.7. The molecule has 0 aliphatic heterocycles. The molecule has 31 heavy (non-hydrogen) atoms. The highest BCUT2D eigenvalue weighted by molar-refractivity contribution is 5.96. The van der Waals surface area contributed by atoms with E-state index in [1.807, 2.05) is 60.0 Å². The van der Waals surface area contributed by atoms with Gasteiger partial charge in [-0.05, 0) is 54.2 Å². The highest BCUT2D eigenvalue weighted by atomic mass is 16.4.